The average molecular weight is 443 g/mol. The molecule has 0 unspecified atom stereocenters. The van der Waals surface area contributed by atoms with E-state index < -0.39 is 0 Å². The quantitative estimate of drug-likeness (QED) is 0.651. The number of ether oxygens (including phenoxy) is 3. The zero-order valence-corrected chi connectivity index (χ0v) is 18.6. The lowest BCUT2D eigenvalue weighted by molar-refractivity contribution is -0.116. The Labute approximate surface area is 186 Å². The van der Waals surface area contributed by atoms with Gasteiger partial charge in [-0.25, -0.2) is 0 Å². The van der Waals surface area contributed by atoms with Crippen molar-refractivity contribution in [3.63, 3.8) is 0 Å². The van der Waals surface area contributed by atoms with Crippen molar-refractivity contribution in [3.05, 3.63) is 64.3 Å². The molecule has 2 N–H and O–H groups in total. The maximum atomic E-state index is 12.6. The standard InChI is InChI=1S/C23H26N2O5S/c1-15-4-6-17(13-18(15)25-23(27)21-14-31-11-10-30-21)22(26)24-9-8-16-5-7-19(28-2)20(12-16)29-3/h4-7,12-14H,8-11H2,1-3H3,(H,24,26)(H,25,27). The van der Waals surface area contributed by atoms with Gasteiger partial charge in [-0.1, -0.05) is 12.1 Å². The predicted molar refractivity (Wildman–Crippen MR) is 122 cm³/mol. The second kappa shape index (κ2) is 10.8. The summed E-state index contributed by atoms with van der Waals surface area (Å²) in [5, 5.41) is 7.45. The second-order valence-electron chi connectivity index (χ2n) is 6.88. The maximum absolute atomic E-state index is 12.6. The van der Waals surface area contributed by atoms with Gasteiger partial charge in [0, 0.05) is 29.0 Å². The number of rotatable bonds is 8. The Bertz CT molecular complexity index is 990. The summed E-state index contributed by atoms with van der Waals surface area (Å²) in [5.41, 5.74) is 2.94. The molecule has 0 atom stereocenters. The molecule has 7 nitrogen and oxygen atoms in total. The van der Waals surface area contributed by atoms with Crippen molar-refractivity contribution in [3.8, 4) is 11.5 Å². The van der Waals surface area contributed by atoms with E-state index in [-0.39, 0.29) is 11.8 Å². The Balaban J connectivity index is 1.60. The Morgan fingerprint density at radius 3 is 2.58 bits per heavy atom. The van der Waals surface area contributed by atoms with Crippen molar-refractivity contribution in [1.29, 1.82) is 0 Å². The number of carbonyl (C=O) groups is 2. The van der Waals surface area contributed by atoms with Crippen LogP contribution in [0, 0.1) is 6.92 Å². The van der Waals surface area contributed by atoms with Crippen LogP contribution < -0.4 is 20.1 Å². The Morgan fingerprint density at radius 1 is 1.06 bits per heavy atom. The van der Waals surface area contributed by atoms with Gasteiger partial charge in [0.25, 0.3) is 11.8 Å². The number of benzene rings is 2. The molecule has 2 aromatic carbocycles. The van der Waals surface area contributed by atoms with Crippen LogP contribution in [0.2, 0.25) is 0 Å². The third kappa shape index (κ3) is 5.95. The molecule has 0 aromatic heterocycles. The summed E-state index contributed by atoms with van der Waals surface area (Å²) in [6, 6.07) is 10.9. The van der Waals surface area contributed by atoms with Crippen LogP contribution in [0.3, 0.4) is 0 Å². The number of anilines is 1. The normalized spacial score (nSPS) is 12.9. The molecule has 0 saturated carbocycles. The highest BCUT2D eigenvalue weighted by molar-refractivity contribution is 8.02. The fraction of sp³-hybridized carbons (Fsp3) is 0.304. The number of amides is 2. The summed E-state index contributed by atoms with van der Waals surface area (Å²) in [5.74, 6) is 1.91. The number of aryl methyl sites for hydroxylation is 1. The molecule has 1 aliphatic heterocycles. The molecular weight excluding hydrogens is 416 g/mol. The van der Waals surface area contributed by atoms with E-state index in [4.69, 9.17) is 14.2 Å². The monoisotopic (exact) mass is 442 g/mol. The van der Waals surface area contributed by atoms with Crippen LogP contribution in [0.5, 0.6) is 11.5 Å². The number of carbonyl (C=O) groups excluding carboxylic acids is 2. The number of hydrogen-bond donors (Lipinski definition) is 2. The third-order valence-electron chi connectivity index (χ3n) is 4.77. The van der Waals surface area contributed by atoms with Gasteiger partial charge in [0.1, 0.15) is 0 Å². The van der Waals surface area contributed by atoms with Crippen molar-refractivity contribution in [2.24, 2.45) is 0 Å². The van der Waals surface area contributed by atoms with Gasteiger partial charge >= 0.3 is 0 Å². The maximum Gasteiger partial charge on any atom is 0.291 e. The molecule has 2 amide bonds. The molecule has 0 aliphatic carbocycles. The van der Waals surface area contributed by atoms with Gasteiger partial charge in [0.2, 0.25) is 0 Å². The minimum Gasteiger partial charge on any atom is -0.493 e. The minimum atomic E-state index is -0.318. The molecule has 1 aliphatic rings. The number of thioether (sulfide) groups is 1. The molecule has 8 heteroatoms. The van der Waals surface area contributed by atoms with Crippen LogP contribution in [0.25, 0.3) is 0 Å². The van der Waals surface area contributed by atoms with Crippen LogP contribution in [0.4, 0.5) is 5.69 Å². The summed E-state index contributed by atoms with van der Waals surface area (Å²) in [6.45, 7) is 2.84. The van der Waals surface area contributed by atoms with E-state index in [1.165, 1.54) is 11.8 Å². The molecular formula is C23H26N2O5S. The van der Waals surface area contributed by atoms with Gasteiger partial charge in [-0.05, 0) is 48.7 Å². The van der Waals surface area contributed by atoms with Gasteiger partial charge in [-0.3, -0.25) is 9.59 Å². The highest BCUT2D eigenvalue weighted by Crippen LogP contribution is 2.27. The third-order valence-corrected chi connectivity index (χ3v) is 5.55. The van der Waals surface area contributed by atoms with E-state index in [2.05, 4.69) is 10.6 Å². The minimum absolute atomic E-state index is 0.209. The topological polar surface area (TPSA) is 85.9 Å². The average Bonchev–Trinajstić information content (AvgIpc) is 2.80. The lowest BCUT2D eigenvalue weighted by Gasteiger charge is -2.15. The smallest absolute Gasteiger partial charge is 0.291 e. The molecule has 0 bridgehead atoms. The summed E-state index contributed by atoms with van der Waals surface area (Å²) >= 11 is 1.54. The van der Waals surface area contributed by atoms with Crippen LogP contribution >= 0.6 is 11.8 Å². The number of hydrogen-bond acceptors (Lipinski definition) is 6. The Hall–Kier alpha value is -3.13. The largest absolute Gasteiger partial charge is 0.493 e. The number of methoxy groups -OCH3 is 2. The first-order valence-corrected chi connectivity index (χ1v) is 10.9. The van der Waals surface area contributed by atoms with Crippen LogP contribution in [-0.4, -0.2) is 44.9 Å². The van der Waals surface area contributed by atoms with Crippen molar-refractivity contribution < 1.29 is 23.8 Å². The van der Waals surface area contributed by atoms with Gasteiger partial charge in [-0.2, -0.15) is 0 Å². The molecule has 0 spiro atoms. The van der Waals surface area contributed by atoms with E-state index in [0.29, 0.717) is 48.1 Å². The highest BCUT2D eigenvalue weighted by atomic mass is 32.2. The van der Waals surface area contributed by atoms with Crippen LogP contribution in [0.1, 0.15) is 21.5 Å². The van der Waals surface area contributed by atoms with Crippen molar-refractivity contribution in [2.75, 3.05) is 38.4 Å². The van der Waals surface area contributed by atoms with Crippen LogP contribution in [-0.2, 0) is 16.0 Å². The first kappa shape index (κ1) is 22.6. The summed E-state index contributed by atoms with van der Waals surface area (Å²) in [6.07, 6.45) is 0.644. The predicted octanol–water partition coefficient (Wildman–Crippen LogP) is 3.53. The van der Waals surface area contributed by atoms with Crippen molar-refractivity contribution in [1.82, 2.24) is 5.32 Å². The SMILES string of the molecule is COc1ccc(CCNC(=O)c2ccc(C)c(NC(=O)C3=CSCCO3)c2)cc1OC. The van der Waals surface area contributed by atoms with Crippen LogP contribution in [0.15, 0.2) is 47.6 Å². The van der Waals surface area contributed by atoms with E-state index in [9.17, 15) is 9.59 Å². The van der Waals surface area contributed by atoms with E-state index >= 15 is 0 Å². The Morgan fingerprint density at radius 2 is 1.87 bits per heavy atom. The zero-order chi connectivity index (χ0) is 22.2. The molecule has 1 heterocycles. The summed E-state index contributed by atoms with van der Waals surface area (Å²) in [7, 11) is 3.18. The zero-order valence-electron chi connectivity index (χ0n) is 17.8. The highest BCUT2D eigenvalue weighted by Gasteiger charge is 2.16. The van der Waals surface area contributed by atoms with Gasteiger partial charge < -0.3 is 24.8 Å². The molecule has 0 saturated heterocycles. The second-order valence-corrected chi connectivity index (χ2v) is 7.86. The molecule has 0 fully saturated rings. The first-order valence-electron chi connectivity index (χ1n) is 9.87. The fourth-order valence-corrected chi connectivity index (χ4v) is 3.65. The van der Waals surface area contributed by atoms with Gasteiger partial charge in [-0.15, -0.1) is 11.8 Å². The van der Waals surface area contributed by atoms with E-state index in [1.807, 2.05) is 31.2 Å². The first-order chi connectivity index (χ1) is 15.0. The number of nitrogens with one attached hydrogen (secondary N) is 2. The fourth-order valence-electron chi connectivity index (χ4n) is 3.03. The molecule has 31 heavy (non-hydrogen) atoms. The van der Waals surface area contributed by atoms with Gasteiger partial charge in [0.05, 0.1) is 20.8 Å². The Kier molecular flexibility index (Phi) is 7.83. The lowest BCUT2D eigenvalue weighted by atomic mass is 10.1. The van der Waals surface area contributed by atoms with Gasteiger partial charge in [0.15, 0.2) is 17.3 Å². The molecule has 3 rings (SSSR count). The summed E-state index contributed by atoms with van der Waals surface area (Å²) < 4.78 is 15.9. The lowest BCUT2D eigenvalue weighted by Crippen LogP contribution is -2.26. The van der Waals surface area contributed by atoms with Crippen molar-refractivity contribution in [2.45, 2.75) is 13.3 Å². The van der Waals surface area contributed by atoms with Crippen molar-refractivity contribution >= 4 is 29.3 Å². The van der Waals surface area contributed by atoms with E-state index in [1.54, 1.807) is 31.8 Å². The van der Waals surface area contributed by atoms with E-state index in [0.717, 1.165) is 16.9 Å². The molecule has 0 radical (unpaired) electrons. The molecule has 2 aromatic rings. The summed E-state index contributed by atoms with van der Waals surface area (Å²) in [4.78, 5) is 25.0. The molecule has 164 valence electrons.